The molecule has 0 unspecified atom stereocenters. The molecule has 1 aromatic carbocycles. The van der Waals surface area contributed by atoms with Crippen LogP contribution in [0.25, 0.3) is 0 Å². The van der Waals surface area contributed by atoms with Crippen LogP contribution >= 0.6 is 0 Å². The van der Waals surface area contributed by atoms with E-state index in [4.69, 9.17) is 10.8 Å². The van der Waals surface area contributed by atoms with Crippen LogP contribution in [0.15, 0.2) is 36.1 Å². The van der Waals surface area contributed by atoms with Crippen LogP contribution in [-0.2, 0) is 14.3 Å². The summed E-state index contributed by atoms with van der Waals surface area (Å²) in [5.41, 5.74) is 6.56. The Balaban J connectivity index is 2.72. The number of anilines is 2. The molecule has 0 radical (unpaired) electrons. The van der Waals surface area contributed by atoms with E-state index >= 15 is 0 Å². The van der Waals surface area contributed by atoms with Crippen LogP contribution in [0.4, 0.5) is 11.4 Å². The summed E-state index contributed by atoms with van der Waals surface area (Å²) in [7, 11) is 1.18. The van der Waals surface area contributed by atoms with Gasteiger partial charge in [-0.3, -0.25) is 4.79 Å². The second-order valence-corrected chi connectivity index (χ2v) is 3.13. The van der Waals surface area contributed by atoms with E-state index in [1.807, 2.05) is 0 Å². The first-order valence-electron chi connectivity index (χ1n) is 4.68. The maximum Gasteiger partial charge on any atom is 0.371 e. The average molecular weight is 236 g/mol. The smallest absolute Gasteiger partial charge is 0.371 e. The molecule has 0 fully saturated rings. The minimum Gasteiger partial charge on any atom is -0.490 e. The molecule has 0 spiro atoms. The van der Waals surface area contributed by atoms with Crippen LogP contribution in [0.3, 0.4) is 0 Å². The quantitative estimate of drug-likeness (QED) is 0.408. The monoisotopic (exact) mass is 236 g/mol. The molecule has 6 nitrogen and oxygen atoms in total. The van der Waals surface area contributed by atoms with Gasteiger partial charge in [0.1, 0.15) is 0 Å². The third-order valence-electron chi connectivity index (χ3n) is 1.87. The summed E-state index contributed by atoms with van der Waals surface area (Å²) >= 11 is 0. The molecule has 0 aliphatic carbocycles. The summed E-state index contributed by atoms with van der Waals surface area (Å²) < 4.78 is 4.52. The van der Waals surface area contributed by atoms with E-state index in [0.29, 0.717) is 11.4 Å². The molecule has 90 valence electrons. The predicted octanol–water partition coefficient (Wildman–Crippen LogP) is 0.822. The Labute approximate surface area is 97.7 Å². The molecule has 6 heteroatoms. The van der Waals surface area contributed by atoms with Crippen LogP contribution in [-0.4, -0.2) is 24.1 Å². The summed E-state index contributed by atoms with van der Waals surface area (Å²) in [5.74, 6) is -2.33. The predicted molar refractivity (Wildman–Crippen MR) is 62.2 cm³/mol. The highest BCUT2D eigenvalue weighted by Crippen LogP contribution is 2.10. The molecule has 0 aliphatic heterocycles. The highest BCUT2D eigenvalue weighted by molar-refractivity contribution is 6.03. The fraction of sp³-hybridized carbons (Fsp3) is 0.0909. The number of ether oxygens (including phenoxy) is 1. The molecule has 0 aliphatic rings. The zero-order valence-corrected chi connectivity index (χ0v) is 9.14. The zero-order chi connectivity index (χ0) is 12.8. The zero-order valence-electron chi connectivity index (χ0n) is 9.14. The van der Waals surface area contributed by atoms with Gasteiger partial charge in [-0.15, -0.1) is 0 Å². The molecule has 0 saturated heterocycles. The number of nitrogens with two attached hydrogens (primary N) is 1. The molecule has 0 aromatic heterocycles. The Bertz CT molecular complexity index is 451. The maximum absolute atomic E-state index is 11.4. The van der Waals surface area contributed by atoms with E-state index in [9.17, 15) is 9.59 Å². The van der Waals surface area contributed by atoms with Crippen molar-refractivity contribution in [2.24, 2.45) is 0 Å². The van der Waals surface area contributed by atoms with Gasteiger partial charge in [0.2, 0.25) is 5.76 Å². The lowest BCUT2D eigenvalue weighted by molar-refractivity contribution is -0.136. The van der Waals surface area contributed by atoms with E-state index in [1.54, 1.807) is 24.3 Å². The lowest BCUT2D eigenvalue weighted by atomic mass is 10.3. The summed E-state index contributed by atoms with van der Waals surface area (Å²) in [6.45, 7) is 0. The second kappa shape index (κ2) is 5.55. The Hall–Kier alpha value is -2.50. The van der Waals surface area contributed by atoms with Crippen molar-refractivity contribution in [1.82, 2.24) is 0 Å². The number of aliphatic carboxylic acids is 1. The molecule has 1 aromatic rings. The van der Waals surface area contributed by atoms with E-state index in [1.165, 1.54) is 7.11 Å². The van der Waals surface area contributed by atoms with Gasteiger partial charge in [-0.2, -0.15) is 0 Å². The van der Waals surface area contributed by atoms with Crippen LogP contribution in [0.5, 0.6) is 0 Å². The van der Waals surface area contributed by atoms with Crippen molar-refractivity contribution in [3.8, 4) is 0 Å². The molecular weight excluding hydrogens is 224 g/mol. The average Bonchev–Trinajstić information content (AvgIpc) is 2.28. The SMILES string of the molecule is CO/C(=C\C(=O)Nc1ccc(N)cc1)C(=O)O. The number of hydrogen-bond donors (Lipinski definition) is 3. The number of carbonyl (C=O) groups is 2. The molecule has 0 bridgehead atoms. The number of nitrogen functional groups attached to an aromatic ring is 1. The Kier molecular flexibility index (Phi) is 4.10. The number of rotatable bonds is 4. The number of carboxylic acid groups (broad SMARTS) is 1. The van der Waals surface area contributed by atoms with Gasteiger partial charge in [0.15, 0.2) is 0 Å². The van der Waals surface area contributed by atoms with E-state index in [-0.39, 0.29) is 0 Å². The van der Waals surface area contributed by atoms with Crippen LogP contribution in [0.1, 0.15) is 0 Å². The van der Waals surface area contributed by atoms with Crippen molar-refractivity contribution in [3.05, 3.63) is 36.1 Å². The van der Waals surface area contributed by atoms with Gasteiger partial charge in [0.25, 0.3) is 5.91 Å². The Morgan fingerprint density at radius 1 is 1.35 bits per heavy atom. The van der Waals surface area contributed by atoms with Gasteiger partial charge in [-0.1, -0.05) is 0 Å². The van der Waals surface area contributed by atoms with E-state index < -0.39 is 17.6 Å². The van der Waals surface area contributed by atoms with Gasteiger partial charge < -0.3 is 20.9 Å². The van der Waals surface area contributed by atoms with Crippen molar-refractivity contribution >= 4 is 23.3 Å². The summed E-state index contributed by atoms with van der Waals surface area (Å²) in [6.07, 6.45) is 0.860. The normalized spacial score (nSPS) is 10.8. The van der Waals surface area contributed by atoms with E-state index in [2.05, 4.69) is 10.1 Å². The van der Waals surface area contributed by atoms with Gasteiger partial charge in [-0.05, 0) is 24.3 Å². The largest absolute Gasteiger partial charge is 0.490 e. The first-order chi connectivity index (χ1) is 8.02. The standard InChI is InChI=1S/C11H12N2O4/c1-17-9(11(15)16)6-10(14)13-8-4-2-7(12)3-5-8/h2-6H,12H2,1H3,(H,13,14)(H,15,16)/b9-6-. The van der Waals surface area contributed by atoms with Crippen molar-refractivity contribution in [2.75, 3.05) is 18.2 Å². The molecule has 1 rings (SSSR count). The number of hydrogen-bond acceptors (Lipinski definition) is 4. The molecule has 17 heavy (non-hydrogen) atoms. The Morgan fingerprint density at radius 2 is 1.94 bits per heavy atom. The highest BCUT2D eigenvalue weighted by Gasteiger charge is 2.09. The first kappa shape index (κ1) is 12.6. The molecule has 1 amide bonds. The number of amides is 1. The minimum atomic E-state index is -1.31. The summed E-state index contributed by atoms with van der Waals surface area (Å²) in [6, 6.07) is 6.45. The highest BCUT2D eigenvalue weighted by atomic mass is 16.5. The van der Waals surface area contributed by atoms with Crippen molar-refractivity contribution in [3.63, 3.8) is 0 Å². The fourth-order valence-electron chi connectivity index (χ4n) is 1.07. The number of carboxylic acids is 1. The summed E-state index contributed by atoms with van der Waals surface area (Å²) in [4.78, 5) is 22.0. The molecule has 0 heterocycles. The third kappa shape index (κ3) is 3.86. The number of benzene rings is 1. The lowest BCUT2D eigenvalue weighted by Crippen LogP contribution is -2.12. The van der Waals surface area contributed by atoms with Gasteiger partial charge in [0, 0.05) is 11.4 Å². The van der Waals surface area contributed by atoms with Crippen LogP contribution < -0.4 is 11.1 Å². The first-order valence-corrected chi connectivity index (χ1v) is 4.68. The summed E-state index contributed by atoms with van der Waals surface area (Å²) in [5, 5.41) is 11.1. The Morgan fingerprint density at radius 3 is 2.41 bits per heavy atom. The van der Waals surface area contributed by atoms with Crippen molar-refractivity contribution < 1.29 is 19.4 Å². The minimum absolute atomic E-state index is 0.432. The lowest BCUT2D eigenvalue weighted by Gasteiger charge is -2.03. The van der Waals surface area contributed by atoms with E-state index in [0.717, 1.165) is 6.08 Å². The maximum atomic E-state index is 11.4. The third-order valence-corrected chi connectivity index (χ3v) is 1.87. The molecule has 0 atom stereocenters. The number of nitrogens with one attached hydrogen (secondary N) is 1. The fourth-order valence-corrected chi connectivity index (χ4v) is 1.07. The van der Waals surface area contributed by atoms with Gasteiger partial charge in [0.05, 0.1) is 13.2 Å². The van der Waals surface area contributed by atoms with Gasteiger partial charge >= 0.3 is 5.97 Å². The molecular formula is C11H12N2O4. The van der Waals surface area contributed by atoms with Crippen LogP contribution in [0, 0.1) is 0 Å². The molecule has 0 saturated carbocycles. The van der Waals surface area contributed by atoms with Gasteiger partial charge in [-0.25, -0.2) is 4.79 Å². The number of methoxy groups -OCH3 is 1. The molecule has 4 N–H and O–H groups in total. The second-order valence-electron chi connectivity index (χ2n) is 3.13. The van der Waals surface area contributed by atoms with Crippen molar-refractivity contribution in [1.29, 1.82) is 0 Å². The number of carbonyl (C=O) groups excluding carboxylic acids is 1. The topological polar surface area (TPSA) is 102 Å². The van der Waals surface area contributed by atoms with Crippen molar-refractivity contribution in [2.45, 2.75) is 0 Å². The van der Waals surface area contributed by atoms with Crippen LogP contribution in [0.2, 0.25) is 0 Å².